The van der Waals surface area contributed by atoms with Crippen molar-refractivity contribution >= 4 is 55.4 Å². The Morgan fingerprint density at radius 1 is 1.12 bits per heavy atom. The zero-order valence-electron chi connectivity index (χ0n) is 13.4. The maximum absolute atomic E-state index is 12.5. The average Bonchev–Trinajstić information content (AvgIpc) is 3.05. The van der Waals surface area contributed by atoms with Crippen molar-refractivity contribution in [3.05, 3.63) is 63.5 Å². The number of carbonyl (C=O) groups is 1. The highest BCUT2D eigenvalue weighted by Gasteiger charge is 2.19. The number of hydrogen-bond donors (Lipinski definition) is 1. The van der Waals surface area contributed by atoms with Crippen LogP contribution >= 0.6 is 34.5 Å². The molecule has 0 aliphatic heterocycles. The van der Waals surface area contributed by atoms with Crippen molar-refractivity contribution in [2.45, 2.75) is 4.90 Å². The molecule has 0 saturated carbocycles. The molecule has 1 N–H and O–H groups in total. The summed E-state index contributed by atoms with van der Waals surface area (Å²) in [6.07, 6.45) is 1.06. The van der Waals surface area contributed by atoms with Gasteiger partial charge in [0.2, 0.25) is 0 Å². The number of hydrogen-bond acceptors (Lipinski definition) is 5. The van der Waals surface area contributed by atoms with E-state index < -0.39 is 15.7 Å². The number of halogens is 2. The van der Waals surface area contributed by atoms with Crippen LogP contribution in [0, 0.1) is 0 Å². The van der Waals surface area contributed by atoms with Crippen LogP contribution in [0.15, 0.2) is 52.7 Å². The quantitative estimate of drug-likeness (QED) is 0.651. The highest BCUT2D eigenvalue weighted by molar-refractivity contribution is 7.90. The minimum atomic E-state index is -3.52. The van der Waals surface area contributed by atoms with E-state index in [0.29, 0.717) is 20.9 Å². The molecule has 0 fully saturated rings. The Balaban J connectivity index is 1.86. The molecular weight excluding hydrogens is 415 g/mol. The summed E-state index contributed by atoms with van der Waals surface area (Å²) in [6, 6.07) is 11.1. The first-order valence-corrected chi connectivity index (χ1v) is 10.8. The summed E-state index contributed by atoms with van der Waals surface area (Å²) in [6.45, 7) is 0. The number of benzene rings is 2. The van der Waals surface area contributed by atoms with E-state index in [1.807, 2.05) is 0 Å². The highest BCUT2D eigenvalue weighted by atomic mass is 35.5. The molecule has 1 aromatic heterocycles. The van der Waals surface area contributed by atoms with Crippen molar-refractivity contribution in [2.24, 2.45) is 0 Å². The fourth-order valence-electron chi connectivity index (χ4n) is 2.26. The van der Waals surface area contributed by atoms with Crippen molar-refractivity contribution in [1.29, 1.82) is 0 Å². The van der Waals surface area contributed by atoms with Crippen molar-refractivity contribution in [3.8, 4) is 11.3 Å². The lowest BCUT2D eigenvalue weighted by atomic mass is 10.2. The molecule has 9 heteroatoms. The summed E-state index contributed by atoms with van der Waals surface area (Å²) in [5.74, 6) is -0.541. The van der Waals surface area contributed by atoms with Crippen LogP contribution in [0.3, 0.4) is 0 Å². The van der Waals surface area contributed by atoms with Gasteiger partial charge in [-0.05, 0) is 24.3 Å². The number of amides is 1. The Hall–Kier alpha value is -1.93. The molecule has 3 rings (SSSR count). The van der Waals surface area contributed by atoms with Gasteiger partial charge in [0.25, 0.3) is 5.91 Å². The molecular formula is C17H12Cl2N2O3S2. The third kappa shape index (κ3) is 4.07. The van der Waals surface area contributed by atoms with E-state index in [9.17, 15) is 13.2 Å². The van der Waals surface area contributed by atoms with E-state index >= 15 is 0 Å². The second-order valence-electron chi connectivity index (χ2n) is 5.39. The molecule has 0 saturated heterocycles. The molecule has 0 aliphatic carbocycles. The molecule has 0 bridgehead atoms. The van der Waals surface area contributed by atoms with Crippen molar-refractivity contribution in [1.82, 2.24) is 4.98 Å². The van der Waals surface area contributed by atoms with Crippen LogP contribution in [0.2, 0.25) is 10.0 Å². The van der Waals surface area contributed by atoms with Crippen molar-refractivity contribution in [3.63, 3.8) is 0 Å². The van der Waals surface area contributed by atoms with Gasteiger partial charge < -0.3 is 0 Å². The molecule has 134 valence electrons. The summed E-state index contributed by atoms with van der Waals surface area (Å²) in [7, 11) is -3.52. The Bertz CT molecular complexity index is 1090. The molecule has 0 unspecified atom stereocenters. The summed E-state index contributed by atoms with van der Waals surface area (Å²) in [5.41, 5.74) is 1.45. The molecule has 5 nitrogen and oxygen atoms in total. The number of thiazole rings is 1. The summed E-state index contributed by atoms with van der Waals surface area (Å²) in [5, 5.41) is 5.59. The summed E-state index contributed by atoms with van der Waals surface area (Å²) in [4.78, 5) is 16.8. The van der Waals surface area contributed by atoms with E-state index in [1.54, 1.807) is 35.7 Å². The third-order valence-electron chi connectivity index (χ3n) is 3.47. The van der Waals surface area contributed by atoms with Gasteiger partial charge in [0, 0.05) is 17.2 Å². The van der Waals surface area contributed by atoms with Crippen LogP contribution in [0.25, 0.3) is 11.3 Å². The number of nitrogens with one attached hydrogen (secondary N) is 1. The second-order valence-corrected chi connectivity index (χ2v) is 9.05. The monoisotopic (exact) mass is 426 g/mol. The minimum Gasteiger partial charge on any atom is -0.298 e. The van der Waals surface area contributed by atoms with E-state index in [1.165, 1.54) is 23.5 Å². The Kier molecular flexibility index (Phi) is 5.34. The molecule has 0 radical (unpaired) electrons. The zero-order valence-corrected chi connectivity index (χ0v) is 16.5. The number of aromatic nitrogens is 1. The Morgan fingerprint density at radius 2 is 1.85 bits per heavy atom. The standard InChI is InChI=1S/C17H12Cl2N2O3S2/c1-26(23,24)15-5-3-2-4-11(15)16(22)21-17-20-14(9-25-17)10-6-7-12(18)13(19)8-10/h2-9H,1H3,(H,20,21,22). The smallest absolute Gasteiger partial charge is 0.258 e. The van der Waals surface area contributed by atoms with Gasteiger partial charge in [0.05, 0.1) is 26.2 Å². The van der Waals surface area contributed by atoms with E-state index in [0.717, 1.165) is 11.8 Å². The minimum absolute atomic E-state index is 0.0289. The lowest BCUT2D eigenvalue weighted by Gasteiger charge is -2.07. The largest absolute Gasteiger partial charge is 0.298 e. The SMILES string of the molecule is CS(=O)(=O)c1ccccc1C(=O)Nc1nc(-c2ccc(Cl)c(Cl)c2)cs1. The van der Waals surface area contributed by atoms with Gasteiger partial charge in [-0.25, -0.2) is 13.4 Å². The number of anilines is 1. The maximum Gasteiger partial charge on any atom is 0.258 e. The number of sulfone groups is 1. The van der Waals surface area contributed by atoms with Crippen LogP contribution < -0.4 is 5.32 Å². The molecule has 26 heavy (non-hydrogen) atoms. The summed E-state index contributed by atoms with van der Waals surface area (Å²) >= 11 is 13.1. The fraction of sp³-hybridized carbons (Fsp3) is 0.0588. The normalized spacial score (nSPS) is 11.3. The Labute approximate surface area is 164 Å². The molecule has 1 heterocycles. The van der Waals surface area contributed by atoms with Gasteiger partial charge in [-0.3, -0.25) is 10.1 Å². The molecule has 3 aromatic rings. The topological polar surface area (TPSA) is 76.1 Å². The van der Waals surface area contributed by atoms with Crippen LogP contribution in [0.4, 0.5) is 5.13 Å². The van der Waals surface area contributed by atoms with E-state index in [-0.39, 0.29) is 10.5 Å². The summed E-state index contributed by atoms with van der Waals surface area (Å²) < 4.78 is 23.7. The first-order chi connectivity index (χ1) is 12.3. The van der Waals surface area contributed by atoms with Crippen LogP contribution in [-0.2, 0) is 9.84 Å². The molecule has 1 amide bonds. The number of nitrogens with zero attached hydrogens (tertiary/aromatic N) is 1. The van der Waals surface area contributed by atoms with Gasteiger partial charge in [-0.2, -0.15) is 0 Å². The third-order valence-corrected chi connectivity index (χ3v) is 6.12. The van der Waals surface area contributed by atoms with Crippen LogP contribution in [-0.4, -0.2) is 25.6 Å². The van der Waals surface area contributed by atoms with Crippen molar-refractivity contribution in [2.75, 3.05) is 11.6 Å². The number of rotatable bonds is 4. The first-order valence-electron chi connectivity index (χ1n) is 7.27. The molecule has 2 aromatic carbocycles. The predicted molar refractivity (Wildman–Crippen MR) is 105 cm³/mol. The van der Waals surface area contributed by atoms with Gasteiger partial charge >= 0.3 is 0 Å². The fourth-order valence-corrected chi connectivity index (χ4v) is 4.16. The van der Waals surface area contributed by atoms with Crippen LogP contribution in [0.5, 0.6) is 0 Å². The lowest BCUT2D eigenvalue weighted by Crippen LogP contribution is -2.15. The lowest BCUT2D eigenvalue weighted by molar-refractivity contribution is 0.102. The maximum atomic E-state index is 12.5. The highest BCUT2D eigenvalue weighted by Crippen LogP contribution is 2.30. The van der Waals surface area contributed by atoms with Gasteiger partial charge in [-0.1, -0.05) is 41.4 Å². The second kappa shape index (κ2) is 7.36. The molecule has 0 spiro atoms. The van der Waals surface area contributed by atoms with Gasteiger partial charge in [0.15, 0.2) is 15.0 Å². The van der Waals surface area contributed by atoms with Crippen molar-refractivity contribution < 1.29 is 13.2 Å². The molecule has 0 aliphatic rings. The first kappa shape index (κ1) is 18.8. The number of carbonyl (C=O) groups excluding carboxylic acids is 1. The zero-order chi connectivity index (χ0) is 18.9. The predicted octanol–water partition coefficient (Wildman–Crippen LogP) is 4.77. The van der Waals surface area contributed by atoms with E-state index in [2.05, 4.69) is 10.3 Å². The van der Waals surface area contributed by atoms with Crippen LogP contribution in [0.1, 0.15) is 10.4 Å². The molecule has 0 atom stereocenters. The van der Waals surface area contributed by atoms with Gasteiger partial charge in [-0.15, -0.1) is 11.3 Å². The van der Waals surface area contributed by atoms with Gasteiger partial charge in [0.1, 0.15) is 0 Å². The average molecular weight is 427 g/mol. The van der Waals surface area contributed by atoms with E-state index in [4.69, 9.17) is 23.2 Å². The Morgan fingerprint density at radius 3 is 2.54 bits per heavy atom.